The monoisotopic (exact) mass is 310 g/mol. The summed E-state index contributed by atoms with van der Waals surface area (Å²) in [6, 6.07) is 0. The van der Waals surface area contributed by atoms with Crippen LogP contribution in [0.3, 0.4) is 0 Å². The first-order chi connectivity index (χ1) is 8.14. The number of rotatable bonds is 2. The summed E-state index contributed by atoms with van der Waals surface area (Å²) in [6.07, 6.45) is -10.4. The molecule has 112 valence electrons. The highest BCUT2D eigenvalue weighted by molar-refractivity contribution is 6.71. The maximum Gasteiger partial charge on any atom is 0.473 e. The van der Waals surface area contributed by atoms with Crippen LogP contribution in [0.1, 0.15) is 0 Å². The molecule has 0 fully saturated rings. The van der Waals surface area contributed by atoms with Crippen molar-refractivity contribution in [3.63, 3.8) is 0 Å². The maximum atomic E-state index is 12.5. The lowest BCUT2D eigenvalue weighted by atomic mass is 10.6. The molecule has 0 unspecified atom stereocenters. The van der Waals surface area contributed by atoms with Gasteiger partial charge in [-0.1, -0.05) is 0 Å². The summed E-state index contributed by atoms with van der Waals surface area (Å²) in [4.78, 5) is 10.7. The third-order valence-corrected chi connectivity index (χ3v) is 2.23. The third kappa shape index (κ3) is 6.45. The van der Waals surface area contributed by atoms with Gasteiger partial charge in [-0.3, -0.25) is 4.79 Å². The molecule has 11 heteroatoms. The number of halogens is 6. The van der Waals surface area contributed by atoms with Crippen molar-refractivity contribution in [2.24, 2.45) is 5.10 Å². The molecule has 0 rings (SSSR count). The Morgan fingerprint density at radius 1 is 1.05 bits per heavy atom. The van der Waals surface area contributed by atoms with Crippen LogP contribution in [0.4, 0.5) is 26.3 Å². The van der Waals surface area contributed by atoms with Crippen LogP contribution in [-0.4, -0.2) is 44.5 Å². The largest absolute Gasteiger partial charge is 0.527 e. The lowest BCUT2D eigenvalue weighted by Crippen LogP contribution is -2.41. The fourth-order valence-electron chi connectivity index (χ4n) is 0.790. The minimum absolute atomic E-state index is 0.442. The van der Waals surface area contributed by atoms with E-state index in [4.69, 9.17) is 0 Å². The van der Waals surface area contributed by atoms with Crippen molar-refractivity contribution in [2.45, 2.75) is 32.0 Å². The van der Waals surface area contributed by atoms with Gasteiger partial charge >= 0.3 is 24.2 Å². The first-order valence-corrected chi connectivity index (χ1v) is 8.25. The Morgan fingerprint density at radius 3 is 1.74 bits per heavy atom. The van der Waals surface area contributed by atoms with Gasteiger partial charge in [-0.05, 0) is 19.6 Å². The molecule has 0 aliphatic carbocycles. The molecular formula is C8H12F6N2O2Si. The average molecular weight is 310 g/mol. The summed E-state index contributed by atoms with van der Waals surface area (Å²) in [5.41, 5.74) is 0. The molecule has 0 spiro atoms. The Kier molecular flexibility index (Phi) is 5.03. The normalized spacial score (nSPS) is 14.3. The minimum Gasteiger partial charge on any atom is -0.527 e. The number of hydrogen-bond acceptors (Lipinski definition) is 3. The van der Waals surface area contributed by atoms with E-state index in [2.05, 4.69) is 9.53 Å². The summed E-state index contributed by atoms with van der Waals surface area (Å²) in [7, 11) is -2.28. The second kappa shape index (κ2) is 5.39. The molecule has 1 amide bonds. The number of nitrogens with zero attached hydrogens (tertiary/aromatic N) is 2. The van der Waals surface area contributed by atoms with E-state index in [0.717, 1.165) is 0 Å². The molecule has 0 aromatic heterocycles. The topological polar surface area (TPSA) is 41.9 Å². The molecule has 0 saturated heterocycles. The van der Waals surface area contributed by atoms with Crippen LogP contribution < -0.4 is 0 Å². The fraction of sp³-hybridized carbons (Fsp3) is 0.750. The van der Waals surface area contributed by atoms with Crippen LogP contribution in [-0.2, 0) is 9.22 Å². The predicted molar refractivity (Wildman–Crippen MR) is 56.7 cm³/mol. The number of hydrazone groups is 1. The van der Waals surface area contributed by atoms with E-state index in [9.17, 15) is 31.1 Å². The highest BCUT2D eigenvalue weighted by Crippen LogP contribution is 2.23. The van der Waals surface area contributed by atoms with Gasteiger partial charge in [0.1, 0.15) is 0 Å². The Balaban J connectivity index is 5.29. The van der Waals surface area contributed by atoms with E-state index < -0.39 is 37.5 Å². The van der Waals surface area contributed by atoms with Crippen LogP contribution in [0.25, 0.3) is 0 Å². The summed E-state index contributed by atoms with van der Waals surface area (Å²) in [5, 5.41) is 2.13. The number of alkyl halides is 6. The van der Waals surface area contributed by atoms with Gasteiger partial charge in [-0.2, -0.15) is 26.3 Å². The third-order valence-electron chi connectivity index (χ3n) is 1.42. The first-order valence-electron chi connectivity index (χ1n) is 4.84. The van der Waals surface area contributed by atoms with Gasteiger partial charge in [0, 0.05) is 7.05 Å². The van der Waals surface area contributed by atoms with Crippen molar-refractivity contribution in [2.75, 3.05) is 7.05 Å². The molecule has 0 radical (unpaired) electrons. The van der Waals surface area contributed by atoms with E-state index in [1.165, 1.54) is 19.6 Å². The van der Waals surface area contributed by atoms with Crippen molar-refractivity contribution in [1.29, 1.82) is 0 Å². The van der Waals surface area contributed by atoms with Gasteiger partial charge in [0.15, 0.2) is 0 Å². The molecule has 0 aliphatic heterocycles. The fourth-order valence-corrected chi connectivity index (χ4v) is 1.53. The highest BCUT2D eigenvalue weighted by atomic mass is 28.4. The average Bonchev–Trinajstić information content (AvgIpc) is 2.10. The Labute approximate surface area is 106 Å². The summed E-state index contributed by atoms with van der Waals surface area (Å²) in [5.74, 6) is -4.39. The SMILES string of the molecule is CN(/N=C(/O[Si](C)(C)C)C(F)(F)F)C(=O)C(F)(F)F. The summed E-state index contributed by atoms with van der Waals surface area (Å²) in [6.45, 7) is 4.17. The van der Waals surface area contributed by atoms with E-state index in [-0.39, 0.29) is 0 Å². The van der Waals surface area contributed by atoms with Crippen molar-refractivity contribution in [1.82, 2.24) is 5.01 Å². The summed E-state index contributed by atoms with van der Waals surface area (Å²) >= 11 is 0. The second-order valence-electron chi connectivity index (χ2n) is 4.44. The van der Waals surface area contributed by atoms with Crippen LogP contribution in [0.15, 0.2) is 5.10 Å². The quantitative estimate of drug-likeness (QED) is 0.259. The maximum absolute atomic E-state index is 12.5. The van der Waals surface area contributed by atoms with Crippen LogP contribution in [0.2, 0.25) is 19.6 Å². The second-order valence-corrected chi connectivity index (χ2v) is 8.87. The van der Waals surface area contributed by atoms with Crippen LogP contribution >= 0.6 is 0 Å². The van der Waals surface area contributed by atoms with Gasteiger partial charge < -0.3 is 4.43 Å². The molecule has 0 atom stereocenters. The molecule has 0 N–H and O–H groups in total. The van der Waals surface area contributed by atoms with Gasteiger partial charge in [0.05, 0.1) is 0 Å². The van der Waals surface area contributed by atoms with E-state index in [1.54, 1.807) is 0 Å². The molecular weight excluding hydrogens is 298 g/mol. The van der Waals surface area contributed by atoms with Crippen LogP contribution in [0.5, 0.6) is 0 Å². The smallest absolute Gasteiger partial charge is 0.473 e. The molecule has 0 bridgehead atoms. The van der Waals surface area contributed by atoms with Crippen LogP contribution in [0, 0.1) is 0 Å². The number of carbonyl (C=O) groups is 1. The molecule has 0 aromatic carbocycles. The number of hydrogen-bond donors (Lipinski definition) is 0. The lowest BCUT2D eigenvalue weighted by molar-refractivity contribution is -0.184. The molecule has 19 heavy (non-hydrogen) atoms. The van der Waals surface area contributed by atoms with Gasteiger partial charge in [0.25, 0.3) is 0 Å². The number of carbonyl (C=O) groups excluding carboxylic acids is 1. The molecule has 0 aromatic rings. The standard InChI is InChI=1S/C8H12F6N2O2Si/c1-16(6(17)8(12,13)14)15-5(7(9,10)11)18-19(2,3)4/h1-4H3/b15-5+. The van der Waals surface area contributed by atoms with Crippen molar-refractivity contribution >= 4 is 20.1 Å². The van der Waals surface area contributed by atoms with Gasteiger partial charge in [-0.25, -0.2) is 5.01 Å². The number of amides is 1. The molecule has 4 nitrogen and oxygen atoms in total. The molecule has 0 heterocycles. The first kappa shape index (κ1) is 17.7. The van der Waals surface area contributed by atoms with Crippen molar-refractivity contribution < 1.29 is 35.6 Å². The molecule has 0 saturated carbocycles. The molecule has 0 aliphatic rings. The zero-order valence-corrected chi connectivity index (χ0v) is 11.5. The van der Waals surface area contributed by atoms with E-state index in [0.29, 0.717) is 7.05 Å². The van der Waals surface area contributed by atoms with Crippen molar-refractivity contribution in [3.05, 3.63) is 0 Å². The van der Waals surface area contributed by atoms with E-state index in [1.807, 2.05) is 0 Å². The Morgan fingerprint density at radius 2 is 1.47 bits per heavy atom. The zero-order valence-electron chi connectivity index (χ0n) is 10.5. The predicted octanol–water partition coefficient (Wildman–Crippen LogP) is 2.73. The lowest BCUT2D eigenvalue weighted by Gasteiger charge is -2.23. The zero-order chi connectivity index (χ0) is 15.6. The van der Waals surface area contributed by atoms with Gasteiger partial charge in [-0.15, -0.1) is 5.10 Å². The summed E-state index contributed by atoms with van der Waals surface area (Å²) < 4.78 is 78.1. The van der Waals surface area contributed by atoms with E-state index >= 15 is 0 Å². The Hall–Kier alpha value is -1.26. The van der Waals surface area contributed by atoms with Gasteiger partial charge in [0.2, 0.25) is 8.32 Å². The Bertz CT molecular complexity index is 371. The minimum atomic E-state index is -5.31. The van der Waals surface area contributed by atoms with Crippen molar-refractivity contribution in [3.8, 4) is 0 Å². The highest BCUT2D eigenvalue weighted by Gasteiger charge is 2.45.